The van der Waals surface area contributed by atoms with E-state index in [0.29, 0.717) is 5.56 Å². The van der Waals surface area contributed by atoms with Gasteiger partial charge >= 0.3 is 7.69 Å². The standard InChI is InChI=1S/C14H16BN2O6S2/c1-24(18,19)17-12-7-3-5-9-14(12)23-15-22-13-8-4-2-6-11(13)10-25(16,20)21/h2-9,17H,10H2,1H3,(H2,16,20,21). The first-order valence-corrected chi connectivity index (χ1v) is 10.5. The van der Waals surface area contributed by atoms with E-state index in [2.05, 4.69) is 4.72 Å². The van der Waals surface area contributed by atoms with Crippen LogP contribution in [0.5, 0.6) is 11.5 Å². The van der Waals surface area contributed by atoms with Gasteiger partial charge in [0, 0.05) is 5.56 Å². The van der Waals surface area contributed by atoms with Gasteiger partial charge in [-0.25, -0.2) is 22.0 Å². The Kier molecular flexibility index (Phi) is 5.93. The maximum atomic E-state index is 11.3. The van der Waals surface area contributed by atoms with Gasteiger partial charge < -0.3 is 9.31 Å². The molecule has 0 bridgehead atoms. The minimum Gasteiger partial charge on any atom is -0.526 e. The van der Waals surface area contributed by atoms with Crippen molar-refractivity contribution in [2.45, 2.75) is 5.75 Å². The Hall–Kier alpha value is -2.24. The molecule has 25 heavy (non-hydrogen) atoms. The SMILES string of the molecule is CS(=O)(=O)Nc1ccccc1O[B]Oc1ccccc1CS(N)(=O)=O. The van der Waals surface area contributed by atoms with E-state index in [-0.39, 0.29) is 22.9 Å². The van der Waals surface area contributed by atoms with E-state index in [1.165, 1.54) is 6.07 Å². The molecule has 2 aromatic carbocycles. The number of hydrogen-bond donors (Lipinski definition) is 2. The van der Waals surface area contributed by atoms with Gasteiger partial charge in [-0.2, -0.15) is 0 Å². The van der Waals surface area contributed by atoms with Gasteiger partial charge in [0.05, 0.1) is 17.7 Å². The van der Waals surface area contributed by atoms with E-state index in [1.807, 2.05) is 0 Å². The van der Waals surface area contributed by atoms with Crippen LogP contribution in [0.3, 0.4) is 0 Å². The zero-order valence-corrected chi connectivity index (χ0v) is 14.9. The molecule has 0 saturated carbocycles. The van der Waals surface area contributed by atoms with Crippen molar-refractivity contribution in [2.24, 2.45) is 5.14 Å². The number of hydrogen-bond acceptors (Lipinski definition) is 6. The summed E-state index contributed by atoms with van der Waals surface area (Å²) < 4.78 is 58.1. The van der Waals surface area contributed by atoms with E-state index in [9.17, 15) is 16.8 Å². The highest BCUT2D eigenvalue weighted by Crippen LogP contribution is 2.25. The number of nitrogens with two attached hydrogens (primary N) is 1. The summed E-state index contributed by atoms with van der Waals surface area (Å²) in [5, 5.41) is 5.04. The molecule has 0 aliphatic rings. The average Bonchev–Trinajstić information content (AvgIpc) is 2.48. The largest absolute Gasteiger partial charge is 0.658 e. The zero-order chi connectivity index (χ0) is 18.5. The number of sulfonamides is 2. The quantitative estimate of drug-likeness (QED) is 0.651. The molecule has 0 unspecified atom stereocenters. The predicted octanol–water partition coefficient (Wildman–Crippen LogP) is 0.839. The second-order valence-corrected chi connectivity index (χ2v) is 8.48. The Balaban J connectivity index is 2.07. The van der Waals surface area contributed by atoms with Crippen LogP contribution in [0.15, 0.2) is 48.5 Å². The highest BCUT2D eigenvalue weighted by molar-refractivity contribution is 7.92. The number of benzene rings is 2. The van der Waals surface area contributed by atoms with Gasteiger partial charge in [-0.15, -0.1) is 0 Å². The third-order valence-electron chi connectivity index (χ3n) is 2.86. The van der Waals surface area contributed by atoms with Crippen molar-refractivity contribution in [2.75, 3.05) is 11.0 Å². The molecular formula is C14H16BN2O6S2. The molecule has 0 atom stereocenters. The molecule has 0 aliphatic carbocycles. The van der Waals surface area contributed by atoms with Crippen LogP contribution in [-0.4, -0.2) is 30.8 Å². The van der Waals surface area contributed by atoms with Crippen molar-refractivity contribution in [3.05, 3.63) is 54.1 Å². The van der Waals surface area contributed by atoms with E-state index in [4.69, 9.17) is 14.4 Å². The number of nitrogens with one attached hydrogen (secondary N) is 1. The smallest absolute Gasteiger partial charge is 0.526 e. The summed E-state index contributed by atoms with van der Waals surface area (Å²) in [5.41, 5.74) is 0.607. The fourth-order valence-corrected chi connectivity index (χ4v) is 3.18. The Morgan fingerprint density at radius 3 is 2.16 bits per heavy atom. The minimum absolute atomic E-state index is 0.219. The molecule has 0 fully saturated rings. The lowest BCUT2D eigenvalue weighted by Gasteiger charge is -2.13. The molecular weight excluding hydrogens is 367 g/mol. The third-order valence-corrected chi connectivity index (χ3v) is 4.17. The zero-order valence-electron chi connectivity index (χ0n) is 13.2. The van der Waals surface area contributed by atoms with Crippen molar-refractivity contribution >= 4 is 33.4 Å². The topological polar surface area (TPSA) is 125 Å². The lowest BCUT2D eigenvalue weighted by Crippen LogP contribution is -2.17. The highest BCUT2D eigenvalue weighted by atomic mass is 32.2. The van der Waals surface area contributed by atoms with Gasteiger partial charge in [-0.05, 0) is 18.2 Å². The summed E-state index contributed by atoms with van der Waals surface area (Å²) in [5.74, 6) is 0.0883. The maximum Gasteiger partial charge on any atom is 0.658 e. The Bertz CT molecular complexity index is 870. The lowest BCUT2D eigenvalue weighted by atomic mass is 10.2. The second kappa shape index (κ2) is 7.76. The summed E-state index contributed by atoms with van der Waals surface area (Å²) >= 11 is 0. The number of rotatable bonds is 8. The van der Waals surface area contributed by atoms with Crippen LogP contribution in [0.2, 0.25) is 0 Å². The van der Waals surface area contributed by atoms with Gasteiger partial charge in [-0.3, -0.25) is 4.72 Å². The molecule has 0 amide bonds. The first-order chi connectivity index (χ1) is 11.6. The molecule has 2 rings (SSSR count). The van der Waals surface area contributed by atoms with E-state index in [0.717, 1.165) is 13.9 Å². The molecule has 3 N–H and O–H groups in total. The molecule has 2 aromatic rings. The lowest BCUT2D eigenvalue weighted by molar-refractivity contribution is 0.457. The molecule has 0 aliphatic heterocycles. The number of anilines is 1. The van der Waals surface area contributed by atoms with Crippen molar-refractivity contribution in [3.63, 3.8) is 0 Å². The summed E-state index contributed by atoms with van der Waals surface area (Å²) in [6.07, 6.45) is 1.02. The van der Waals surface area contributed by atoms with Crippen LogP contribution in [0, 0.1) is 0 Å². The van der Waals surface area contributed by atoms with E-state index >= 15 is 0 Å². The minimum atomic E-state index is -3.72. The average molecular weight is 383 g/mol. The van der Waals surface area contributed by atoms with Crippen LogP contribution in [-0.2, 0) is 25.8 Å². The van der Waals surface area contributed by atoms with Crippen molar-refractivity contribution < 1.29 is 26.1 Å². The summed E-state index contributed by atoms with van der Waals surface area (Å²) in [7, 11) is -6.21. The monoisotopic (exact) mass is 383 g/mol. The Labute approximate surface area is 147 Å². The van der Waals surface area contributed by atoms with Crippen molar-refractivity contribution in [3.8, 4) is 11.5 Å². The second-order valence-electron chi connectivity index (χ2n) is 5.12. The van der Waals surface area contributed by atoms with Gasteiger partial charge in [0.2, 0.25) is 20.0 Å². The normalized spacial score (nSPS) is 11.6. The van der Waals surface area contributed by atoms with Gasteiger partial charge in [0.15, 0.2) is 0 Å². The molecule has 0 aromatic heterocycles. The molecule has 0 spiro atoms. The van der Waals surface area contributed by atoms with Gasteiger partial charge in [0.1, 0.15) is 11.5 Å². The molecule has 0 heterocycles. The fraction of sp³-hybridized carbons (Fsp3) is 0.143. The fourth-order valence-electron chi connectivity index (χ4n) is 1.94. The molecule has 133 valence electrons. The van der Waals surface area contributed by atoms with Crippen LogP contribution in [0.4, 0.5) is 5.69 Å². The number of primary sulfonamides is 1. The summed E-state index contributed by atoms with van der Waals surface area (Å²) in [6.45, 7) is 0. The van der Waals surface area contributed by atoms with E-state index in [1.54, 1.807) is 42.5 Å². The Morgan fingerprint density at radius 2 is 1.52 bits per heavy atom. The Morgan fingerprint density at radius 1 is 0.960 bits per heavy atom. The molecule has 8 nitrogen and oxygen atoms in total. The first kappa shape index (κ1) is 19.1. The van der Waals surface area contributed by atoms with E-state index < -0.39 is 20.0 Å². The highest BCUT2D eigenvalue weighted by Gasteiger charge is 2.13. The van der Waals surface area contributed by atoms with Crippen LogP contribution < -0.4 is 19.2 Å². The van der Waals surface area contributed by atoms with Crippen molar-refractivity contribution in [1.29, 1.82) is 0 Å². The number of para-hydroxylation sites is 3. The van der Waals surface area contributed by atoms with Crippen LogP contribution in [0.25, 0.3) is 0 Å². The summed E-state index contributed by atoms with van der Waals surface area (Å²) in [6, 6.07) is 12.8. The molecule has 11 heteroatoms. The maximum absolute atomic E-state index is 11.3. The predicted molar refractivity (Wildman–Crippen MR) is 95.2 cm³/mol. The third kappa shape index (κ3) is 6.65. The van der Waals surface area contributed by atoms with Crippen molar-refractivity contribution in [1.82, 2.24) is 0 Å². The first-order valence-electron chi connectivity index (χ1n) is 6.94. The van der Waals surface area contributed by atoms with Crippen LogP contribution in [0.1, 0.15) is 5.56 Å². The molecule has 0 saturated heterocycles. The van der Waals surface area contributed by atoms with Gasteiger partial charge in [-0.1, -0.05) is 30.3 Å². The van der Waals surface area contributed by atoms with Gasteiger partial charge in [0.25, 0.3) is 0 Å². The van der Waals surface area contributed by atoms with Crippen LogP contribution >= 0.6 is 0 Å². The summed E-state index contributed by atoms with van der Waals surface area (Å²) in [4.78, 5) is 0. The molecule has 1 radical (unpaired) electrons.